The van der Waals surface area contributed by atoms with Gasteiger partial charge in [0, 0.05) is 6.04 Å². The average molecular weight is 295 g/mol. The first-order valence-corrected chi connectivity index (χ1v) is 6.53. The Bertz CT molecular complexity index is 711. The van der Waals surface area contributed by atoms with Crippen LogP contribution in [0.4, 0.5) is 13.2 Å². The van der Waals surface area contributed by atoms with Crippen molar-refractivity contribution < 1.29 is 17.9 Å². The molecule has 0 spiro atoms. The molecule has 21 heavy (non-hydrogen) atoms. The number of hydrogen-bond acceptors (Lipinski definition) is 3. The van der Waals surface area contributed by atoms with Crippen LogP contribution in [0.15, 0.2) is 18.2 Å². The van der Waals surface area contributed by atoms with E-state index in [4.69, 9.17) is 10.00 Å². The zero-order valence-corrected chi connectivity index (χ0v) is 11.0. The fraction of sp³-hybridized carbons (Fsp3) is 0.429. The van der Waals surface area contributed by atoms with E-state index in [-0.39, 0.29) is 12.6 Å². The summed E-state index contributed by atoms with van der Waals surface area (Å²) in [5.41, 5.74) is 1.93. The number of hydrogen-bond donors (Lipinski definition) is 0. The summed E-state index contributed by atoms with van der Waals surface area (Å²) in [6.45, 7) is -1.48. The molecule has 0 saturated heterocycles. The standard InChI is InChI=1S/C14H12F3N3O/c15-14(16,17)8-21-7-13-19-11-5-9(6-18)1-4-12(11)20(13)10-2-3-10/h1,4-5,10H,2-3,7-8H2. The first kappa shape index (κ1) is 13.9. The predicted molar refractivity (Wildman–Crippen MR) is 68.4 cm³/mol. The molecule has 0 unspecified atom stereocenters. The van der Waals surface area contributed by atoms with E-state index in [1.165, 1.54) is 0 Å². The summed E-state index contributed by atoms with van der Waals surface area (Å²) in [5, 5.41) is 8.89. The maximum Gasteiger partial charge on any atom is 0.411 e. The number of nitriles is 1. The number of fused-ring (bicyclic) bond motifs is 1. The van der Waals surface area contributed by atoms with Crippen LogP contribution in [0.5, 0.6) is 0 Å². The molecular formula is C14H12F3N3O. The predicted octanol–water partition coefficient (Wildman–Crippen LogP) is 3.32. The van der Waals surface area contributed by atoms with E-state index in [9.17, 15) is 13.2 Å². The van der Waals surface area contributed by atoms with Gasteiger partial charge in [0.05, 0.1) is 22.7 Å². The van der Waals surface area contributed by atoms with E-state index < -0.39 is 12.8 Å². The Morgan fingerprint density at radius 3 is 2.76 bits per heavy atom. The summed E-state index contributed by atoms with van der Waals surface area (Å²) in [4.78, 5) is 4.32. The number of alkyl halides is 3. The topological polar surface area (TPSA) is 50.8 Å². The number of ether oxygens (including phenoxy) is 1. The van der Waals surface area contributed by atoms with Crippen molar-refractivity contribution >= 4 is 11.0 Å². The number of halogens is 3. The Kier molecular flexibility index (Phi) is 3.33. The van der Waals surface area contributed by atoms with Gasteiger partial charge in [0.2, 0.25) is 0 Å². The number of benzene rings is 1. The summed E-state index contributed by atoms with van der Waals surface area (Å²) in [7, 11) is 0. The normalized spacial score (nSPS) is 15.3. The smallest absolute Gasteiger partial charge is 0.364 e. The summed E-state index contributed by atoms with van der Waals surface area (Å²) >= 11 is 0. The minimum atomic E-state index is -4.34. The maximum absolute atomic E-state index is 12.1. The van der Waals surface area contributed by atoms with Crippen molar-refractivity contribution in [2.45, 2.75) is 31.7 Å². The fourth-order valence-electron chi connectivity index (χ4n) is 2.32. The van der Waals surface area contributed by atoms with E-state index in [0.717, 1.165) is 18.4 Å². The van der Waals surface area contributed by atoms with Crippen LogP contribution in [-0.4, -0.2) is 22.3 Å². The molecule has 0 N–H and O–H groups in total. The largest absolute Gasteiger partial charge is 0.411 e. The third-order valence-corrected chi connectivity index (χ3v) is 3.30. The van der Waals surface area contributed by atoms with Crippen molar-refractivity contribution in [2.75, 3.05) is 6.61 Å². The van der Waals surface area contributed by atoms with Crippen LogP contribution in [0.25, 0.3) is 11.0 Å². The van der Waals surface area contributed by atoms with Crippen LogP contribution in [0, 0.1) is 11.3 Å². The molecule has 0 radical (unpaired) electrons. The van der Waals surface area contributed by atoms with E-state index in [2.05, 4.69) is 4.98 Å². The molecule has 1 aliphatic rings. The van der Waals surface area contributed by atoms with Gasteiger partial charge in [-0.25, -0.2) is 4.98 Å². The molecule has 1 fully saturated rings. The molecule has 0 amide bonds. The Labute approximate surface area is 118 Å². The van der Waals surface area contributed by atoms with E-state index in [1.54, 1.807) is 18.2 Å². The van der Waals surface area contributed by atoms with Crippen LogP contribution in [-0.2, 0) is 11.3 Å². The molecule has 110 valence electrons. The second kappa shape index (κ2) is 5.04. The van der Waals surface area contributed by atoms with Gasteiger partial charge >= 0.3 is 6.18 Å². The lowest BCUT2D eigenvalue weighted by Crippen LogP contribution is -2.17. The van der Waals surface area contributed by atoms with Gasteiger partial charge in [-0.1, -0.05) is 0 Å². The van der Waals surface area contributed by atoms with Crippen LogP contribution >= 0.6 is 0 Å². The number of aromatic nitrogens is 2. The van der Waals surface area contributed by atoms with E-state index in [0.29, 0.717) is 16.9 Å². The highest BCUT2D eigenvalue weighted by Gasteiger charge is 2.30. The molecule has 1 aromatic carbocycles. The Hall–Kier alpha value is -2.07. The Morgan fingerprint density at radius 2 is 2.14 bits per heavy atom. The van der Waals surface area contributed by atoms with Gasteiger partial charge in [-0.15, -0.1) is 0 Å². The summed E-state index contributed by atoms with van der Waals surface area (Å²) in [6.07, 6.45) is -2.38. The van der Waals surface area contributed by atoms with Gasteiger partial charge in [0.15, 0.2) is 0 Å². The minimum absolute atomic E-state index is 0.188. The molecule has 0 aliphatic heterocycles. The zero-order valence-electron chi connectivity index (χ0n) is 11.0. The number of nitrogens with zero attached hydrogens (tertiary/aromatic N) is 3. The van der Waals surface area contributed by atoms with Gasteiger partial charge in [0.1, 0.15) is 19.0 Å². The second-order valence-corrected chi connectivity index (χ2v) is 5.05. The lowest BCUT2D eigenvalue weighted by atomic mass is 10.2. The third-order valence-electron chi connectivity index (χ3n) is 3.30. The highest BCUT2D eigenvalue weighted by molar-refractivity contribution is 5.78. The highest BCUT2D eigenvalue weighted by atomic mass is 19.4. The summed E-state index contributed by atoms with van der Waals surface area (Å²) in [5.74, 6) is 0.479. The van der Waals surface area contributed by atoms with Crippen LogP contribution in [0.2, 0.25) is 0 Å². The molecule has 3 rings (SSSR count). The van der Waals surface area contributed by atoms with Crippen molar-refractivity contribution in [3.63, 3.8) is 0 Å². The molecule has 0 bridgehead atoms. The van der Waals surface area contributed by atoms with E-state index >= 15 is 0 Å². The van der Waals surface area contributed by atoms with Gasteiger partial charge in [-0.05, 0) is 31.0 Å². The second-order valence-electron chi connectivity index (χ2n) is 5.05. The van der Waals surface area contributed by atoms with Gasteiger partial charge < -0.3 is 9.30 Å². The zero-order chi connectivity index (χ0) is 15.0. The summed E-state index contributed by atoms with van der Waals surface area (Å²) in [6, 6.07) is 7.41. The van der Waals surface area contributed by atoms with Crippen molar-refractivity contribution in [3.8, 4) is 6.07 Å². The van der Waals surface area contributed by atoms with Crippen molar-refractivity contribution in [1.82, 2.24) is 9.55 Å². The van der Waals surface area contributed by atoms with Crippen LogP contribution in [0.1, 0.15) is 30.3 Å². The Morgan fingerprint density at radius 1 is 1.38 bits per heavy atom. The minimum Gasteiger partial charge on any atom is -0.364 e. The summed E-state index contributed by atoms with van der Waals surface area (Å²) < 4.78 is 43.1. The van der Waals surface area contributed by atoms with Crippen LogP contribution < -0.4 is 0 Å². The quantitative estimate of drug-likeness (QED) is 0.869. The molecule has 1 aromatic heterocycles. The highest BCUT2D eigenvalue weighted by Crippen LogP contribution is 2.39. The van der Waals surface area contributed by atoms with Crippen molar-refractivity contribution in [3.05, 3.63) is 29.6 Å². The monoisotopic (exact) mass is 295 g/mol. The van der Waals surface area contributed by atoms with Gasteiger partial charge in [0.25, 0.3) is 0 Å². The fourth-order valence-corrected chi connectivity index (χ4v) is 2.32. The lowest BCUT2D eigenvalue weighted by molar-refractivity contribution is -0.177. The molecule has 1 saturated carbocycles. The van der Waals surface area contributed by atoms with Gasteiger partial charge in [-0.2, -0.15) is 18.4 Å². The molecule has 4 nitrogen and oxygen atoms in total. The molecule has 1 aliphatic carbocycles. The number of imidazole rings is 1. The first-order chi connectivity index (χ1) is 9.98. The van der Waals surface area contributed by atoms with Crippen LogP contribution in [0.3, 0.4) is 0 Å². The molecule has 0 atom stereocenters. The van der Waals surface area contributed by atoms with Crippen molar-refractivity contribution in [2.24, 2.45) is 0 Å². The number of rotatable bonds is 4. The molecule has 1 heterocycles. The molecule has 2 aromatic rings. The average Bonchev–Trinajstić information content (AvgIpc) is 3.18. The third kappa shape index (κ3) is 3.00. The van der Waals surface area contributed by atoms with Gasteiger partial charge in [-0.3, -0.25) is 0 Å². The van der Waals surface area contributed by atoms with E-state index in [1.807, 2.05) is 10.6 Å². The maximum atomic E-state index is 12.1. The Balaban J connectivity index is 1.90. The van der Waals surface area contributed by atoms with Crippen molar-refractivity contribution in [1.29, 1.82) is 5.26 Å². The molecular weight excluding hydrogens is 283 g/mol. The molecule has 7 heteroatoms. The SMILES string of the molecule is N#Cc1ccc2c(c1)nc(COCC(F)(F)F)n2C1CC1. The first-order valence-electron chi connectivity index (χ1n) is 6.53. The lowest BCUT2D eigenvalue weighted by Gasteiger charge is -2.09.